The van der Waals surface area contributed by atoms with E-state index in [1.54, 1.807) is 11.6 Å². The van der Waals surface area contributed by atoms with Crippen LogP contribution in [0.15, 0.2) is 24.5 Å². The molecule has 1 aromatic carbocycles. The summed E-state index contributed by atoms with van der Waals surface area (Å²) >= 11 is 1.43. The summed E-state index contributed by atoms with van der Waals surface area (Å²) in [6, 6.07) is 5.65. The highest BCUT2D eigenvalue weighted by molar-refractivity contribution is 7.22. The Bertz CT molecular complexity index is 1150. The zero-order chi connectivity index (χ0) is 19.0. The minimum absolute atomic E-state index is 0.0847. The Hall–Kier alpha value is -3.07. The van der Waals surface area contributed by atoms with E-state index in [0.717, 1.165) is 32.9 Å². The molecular formula is C18H18N6O2S. The van der Waals surface area contributed by atoms with E-state index in [2.05, 4.69) is 25.4 Å². The molecule has 0 aliphatic rings. The molecular weight excluding hydrogens is 364 g/mol. The molecule has 0 radical (unpaired) electrons. The summed E-state index contributed by atoms with van der Waals surface area (Å²) in [4.78, 5) is 25.4. The number of anilines is 1. The van der Waals surface area contributed by atoms with E-state index >= 15 is 0 Å². The highest BCUT2D eigenvalue weighted by atomic mass is 32.1. The number of aromatic nitrogens is 5. The Labute approximate surface area is 159 Å². The van der Waals surface area contributed by atoms with Gasteiger partial charge in [-0.1, -0.05) is 11.3 Å². The summed E-state index contributed by atoms with van der Waals surface area (Å²) in [7, 11) is 1.63. The smallest absolute Gasteiger partial charge is 0.252 e. The average Bonchev–Trinajstić information content (AvgIpc) is 3.26. The number of carbonyl (C=O) groups excluding carboxylic acids is 1. The van der Waals surface area contributed by atoms with Gasteiger partial charge >= 0.3 is 0 Å². The summed E-state index contributed by atoms with van der Waals surface area (Å²) in [6.07, 6.45) is 2.39. The molecule has 0 saturated heterocycles. The quantitative estimate of drug-likeness (QED) is 0.570. The zero-order valence-corrected chi connectivity index (χ0v) is 16.0. The molecule has 0 unspecified atom stereocenters. The fourth-order valence-electron chi connectivity index (χ4n) is 3.02. The van der Waals surface area contributed by atoms with E-state index in [1.807, 2.05) is 32.0 Å². The first-order valence-corrected chi connectivity index (χ1v) is 9.27. The maximum atomic E-state index is 12.4. The number of ether oxygens (including phenoxy) is 1. The van der Waals surface area contributed by atoms with Crippen LogP contribution in [0.1, 0.15) is 23.4 Å². The van der Waals surface area contributed by atoms with E-state index in [9.17, 15) is 4.79 Å². The van der Waals surface area contributed by atoms with Gasteiger partial charge in [0, 0.05) is 17.8 Å². The lowest BCUT2D eigenvalue weighted by Gasteiger charge is -2.10. The van der Waals surface area contributed by atoms with E-state index in [-0.39, 0.29) is 5.91 Å². The van der Waals surface area contributed by atoms with Gasteiger partial charge in [-0.3, -0.25) is 4.79 Å². The number of hydrogen-bond acceptors (Lipinski definition) is 7. The summed E-state index contributed by atoms with van der Waals surface area (Å²) in [5.74, 6) is 1.26. The fourth-order valence-corrected chi connectivity index (χ4v) is 3.93. The van der Waals surface area contributed by atoms with Gasteiger partial charge in [-0.25, -0.2) is 14.5 Å². The number of carbonyl (C=O) groups is 1. The Kier molecular flexibility index (Phi) is 4.44. The molecule has 0 saturated carbocycles. The molecule has 0 atom stereocenters. The molecule has 27 heavy (non-hydrogen) atoms. The van der Waals surface area contributed by atoms with Crippen molar-refractivity contribution in [1.82, 2.24) is 24.6 Å². The molecule has 3 heterocycles. The van der Waals surface area contributed by atoms with Gasteiger partial charge in [0.1, 0.15) is 12.1 Å². The van der Waals surface area contributed by atoms with Crippen LogP contribution in [0, 0.1) is 13.8 Å². The Morgan fingerprint density at radius 1 is 1.30 bits per heavy atom. The van der Waals surface area contributed by atoms with E-state index < -0.39 is 0 Å². The van der Waals surface area contributed by atoms with Crippen LogP contribution in [0.25, 0.3) is 16.0 Å². The predicted octanol–water partition coefficient (Wildman–Crippen LogP) is 2.93. The molecule has 3 aromatic heterocycles. The van der Waals surface area contributed by atoms with Crippen molar-refractivity contribution in [2.75, 3.05) is 12.4 Å². The number of benzene rings is 1. The van der Waals surface area contributed by atoms with Gasteiger partial charge in [-0.15, -0.1) is 0 Å². The summed E-state index contributed by atoms with van der Waals surface area (Å²) in [6.45, 7) is 3.89. The van der Waals surface area contributed by atoms with Gasteiger partial charge in [-0.05, 0) is 44.0 Å². The van der Waals surface area contributed by atoms with Crippen LogP contribution in [0.3, 0.4) is 0 Å². The number of aryl methyl sites for hydroxylation is 2. The fraction of sp³-hybridized carbons (Fsp3) is 0.278. The van der Waals surface area contributed by atoms with Crippen molar-refractivity contribution in [2.45, 2.75) is 26.7 Å². The molecule has 0 bridgehead atoms. The normalized spacial score (nSPS) is 11.2. The number of rotatable bonds is 5. The summed E-state index contributed by atoms with van der Waals surface area (Å²) < 4.78 is 7.89. The summed E-state index contributed by atoms with van der Waals surface area (Å²) in [5.41, 5.74) is 3.67. The number of nitrogens with zero attached hydrogens (tertiary/aromatic N) is 5. The molecule has 8 nitrogen and oxygen atoms in total. The van der Waals surface area contributed by atoms with Gasteiger partial charge in [0.25, 0.3) is 5.78 Å². The van der Waals surface area contributed by atoms with Gasteiger partial charge in [0.15, 0.2) is 5.13 Å². The summed E-state index contributed by atoms with van der Waals surface area (Å²) in [5, 5.41) is 7.64. The molecule has 0 spiro atoms. The van der Waals surface area contributed by atoms with Crippen molar-refractivity contribution in [1.29, 1.82) is 0 Å². The number of thiazole rings is 1. The van der Waals surface area contributed by atoms with Crippen LogP contribution in [0.5, 0.6) is 5.75 Å². The van der Waals surface area contributed by atoms with Crippen LogP contribution < -0.4 is 10.1 Å². The number of nitrogens with one attached hydrogen (secondary N) is 1. The second-order valence-electron chi connectivity index (χ2n) is 6.13. The minimum Gasteiger partial charge on any atom is -0.497 e. The Balaban J connectivity index is 1.47. The van der Waals surface area contributed by atoms with E-state index in [4.69, 9.17) is 4.74 Å². The molecule has 0 fully saturated rings. The first-order chi connectivity index (χ1) is 13.0. The van der Waals surface area contributed by atoms with Crippen LogP contribution in [-0.2, 0) is 11.2 Å². The third kappa shape index (κ3) is 3.33. The van der Waals surface area contributed by atoms with Gasteiger partial charge in [0.2, 0.25) is 5.91 Å². The molecule has 4 rings (SSSR count). The molecule has 0 aliphatic carbocycles. The third-order valence-corrected chi connectivity index (χ3v) is 5.37. The zero-order valence-electron chi connectivity index (χ0n) is 15.2. The number of methoxy groups -OCH3 is 1. The molecule has 0 aliphatic heterocycles. The SMILES string of the molecule is COc1ccc2nc(NC(=O)CCc3c(C)nc4ncnn4c3C)sc2c1. The topological polar surface area (TPSA) is 94.3 Å². The van der Waals surface area contributed by atoms with Gasteiger partial charge in [-0.2, -0.15) is 10.1 Å². The van der Waals surface area contributed by atoms with Crippen molar-refractivity contribution >= 4 is 38.4 Å². The monoisotopic (exact) mass is 382 g/mol. The third-order valence-electron chi connectivity index (χ3n) is 4.43. The van der Waals surface area contributed by atoms with E-state index in [1.165, 1.54) is 17.7 Å². The second kappa shape index (κ2) is 6.92. The number of hydrogen-bond donors (Lipinski definition) is 1. The van der Waals surface area contributed by atoms with Crippen LogP contribution in [0.2, 0.25) is 0 Å². The number of amides is 1. The molecule has 138 valence electrons. The largest absolute Gasteiger partial charge is 0.497 e. The second-order valence-corrected chi connectivity index (χ2v) is 7.16. The first kappa shape index (κ1) is 17.3. The van der Waals surface area contributed by atoms with Crippen LogP contribution >= 0.6 is 11.3 Å². The van der Waals surface area contributed by atoms with Gasteiger partial charge in [0.05, 0.1) is 17.3 Å². The maximum absolute atomic E-state index is 12.4. The molecule has 1 amide bonds. The van der Waals surface area contributed by atoms with Crippen molar-refractivity contribution in [3.8, 4) is 5.75 Å². The van der Waals surface area contributed by atoms with Crippen molar-refractivity contribution < 1.29 is 9.53 Å². The lowest BCUT2D eigenvalue weighted by molar-refractivity contribution is -0.116. The van der Waals surface area contributed by atoms with E-state index in [0.29, 0.717) is 23.8 Å². The van der Waals surface area contributed by atoms with Crippen molar-refractivity contribution in [3.05, 3.63) is 41.5 Å². The van der Waals surface area contributed by atoms with Gasteiger partial charge < -0.3 is 10.1 Å². The molecule has 4 aromatic rings. The average molecular weight is 382 g/mol. The highest BCUT2D eigenvalue weighted by Crippen LogP contribution is 2.29. The van der Waals surface area contributed by atoms with Crippen LogP contribution in [0.4, 0.5) is 5.13 Å². The van der Waals surface area contributed by atoms with Crippen molar-refractivity contribution in [2.24, 2.45) is 0 Å². The van der Waals surface area contributed by atoms with Crippen molar-refractivity contribution in [3.63, 3.8) is 0 Å². The Morgan fingerprint density at radius 2 is 2.15 bits per heavy atom. The maximum Gasteiger partial charge on any atom is 0.252 e. The standard InChI is InChI=1S/C18H18N6O2S/c1-10-13(11(2)24-17(21-10)19-9-20-24)5-7-16(25)23-18-22-14-6-4-12(26-3)8-15(14)27-18/h4,6,8-9H,5,7H2,1-3H3,(H,22,23,25). The predicted molar refractivity (Wildman–Crippen MR) is 103 cm³/mol. The lowest BCUT2D eigenvalue weighted by atomic mass is 10.1. The first-order valence-electron chi connectivity index (χ1n) is 8.45. The number of fused-ring (bicyclic) bond motifs is 2. The molecule has 1 N–H and O–H groups in total. The Morgan fingerprint density at radius 3 is 2.96 bits per heavy atom. The highest BCUT2D eigenvalue weighted by Gasteiger charge is 2.14. The molecule has 9 heteroatoms. The lowest BCUT2D eigenvalue weighted by Crippen LogP contribution is -2.14. The minimum atomic E-state index is -0.0847. The van der Waals surface area contributed by atoms with Crippen LogP contribution in [-0.4, -0.2) is 37.6 Å².